The molecule has 2 heterocycles. The molecular formula is C54H35N3S. The second kappa shape index (κ2) is 12.5. The number of hydrogen-bond donors (Lipinski definition) is 0. The lowest BCUT2D eigenvalue weighted by Crippen LogP contribution is -2.15. The highest BCUT2D eigenvalue weighted by molar-refractivity contribution is 7.26. The van der Waals surface area contributed by atoms with Crippen molar-refractivity contribution in [1.29, 1.82) is 0 Å². The Morgan fingerprint density at radius 2 is 0.983 bits per heavy atom. The average Bonchev–Trinajstić information content (AvgIpc) is 3.77. The SMILES string of the molecule is CC1(C)c2ccccc2-c2ccc(-c3nc(-c4ccccc4)nc(-c4ccc(-c5ccc6c(ccc7ccc8sc9ccccc9c8c76)c5)c5ccccc45)n3)cc21. The molecule has 1 aliphatic rings. The highest BCUT2D eigenvalue weighted by Gasteiger charge is 2.35. The summed E-state index contributed by atoms with van der Waals surface area (Å²) in [5.41, 5.74) is 10.4. The predicted octanol–water partition coefficient (Wildman–Crippen LogP) is 14.7. The van der Waals surface area contributed by atoms with E-state index in [9.17, 15) is 0 Å². The molecule has 0 aliphatic heterocycles. The average molecular weight is 758 g/mol. The molecule has 9 aromatic carbocycles. The molecule has 0 spiro atoms. The smallest absolute Gasteiger partial charge is 0.164 e. The van der Waals surface area contributed by atoms with Gasteiger partial charge in [-0.3, -0.25) is 0 Å². The number of benzene rings is 9. The standard InChI is InChI=1S/C54H35N3S/c1-54(2)45-18-10-8-16-41(45)42-26-23-36(31-46(42)54)52-55-51(33-12-4-3-5-13-33)56-53(57-52)43-28-27-37(39-14-6-7-15-40(39)43)34-22-25-38-35(30-34)21-20-32-24-29-48-50(49(32)38)44-17-9-11-19-47(44)58-48/h3-31H,1-2H3. The van der Waals surface area contributed by atoms with E-state index in [2.05, 4.69) is 172 Å². The first-order valence-electron chi connectivity index (χ1n) is 19.9. The van der Waals surface area contributed by atoms with Crippen LogP contribution in [0.2, 0.25) is 0 Å². The zero-order chi connectivity index (χ0) is 38.5. The van der Waals surface area contributed by atoms with Crippen molar-refractivity contribution < 1.29 is 0 Å². The quantitative estimate of drug-likeness (QED) is 0.168. The third kappa shape index (κ3) is 4.95. The van der Waals surface area contributed by atoms with Gasteiger partial charge in [0.25, 0.3) is 0 Å². The van der Waals surface area contributed by atoms with E-state index in [1.807, 2.05) is 29.5 Å². The summed E-state index contributed by atoms with van der Waals surface area (Å²) in [7, 11) is 0. The van der Waals surface area contributed by atoms with Gasteiger partial charge in [0.05, 0.1) is 0 Å². The Kier molecular flexibility index (Phi) is 7.14. The van der Waals surface area contributed by atoms with Crippen molar-refractivity contribution in [2.75, 3.05) is 0 Å². The highest BCUT2D eigenvalue weighted by Crippen LogP contribution is 2.49. The Morgan fingerprint density at radius 3 is 1.84 bits per heavy atom. The molecule has 3 nitrogen and oxygen atoms in total. The van der Waals surface area contributed by atoms with Crippen LogP contribution in [0.5, 0.6) is 0 Å². The largest absolute Gasteiger partial charge is 0.208 e. The lowest BCUT2D eigenvalue weighted by molar-refractivity contribution is 0.660. The molecule has 0 bridgehead atoms. The van der Waals surface area contributed by atoms with Crippen LogP contribution in [0.1, 0.15) is 25.0 Å². The van der Waals surface area contributed by atoms with Gasteiger partial charge in [-0.05, 0) is 96.0 Å². The molecule has 0 atom stereocenters. The fraction of sp³-hybridized carbons (Fsp3) is 0.0556. The summed E-state index contributed by atoms with van der Waals surface area (Å²) in [6, 6.07) is 63.6. The van der Waals surface area contributed by atoms with Crippen LogP contribution in [0.3, 0.4) is 0 Å². The van der Waals surface area contributed by atoms with Crippen molar-refractivity contribution in [1.82, 2.24) is 15.0 Å². The minimum absolute atomic E-state index is 0.132. The number of hydrogen-bond acceptors (Lipinski definition) is 4. The predicted molar refractivity (Wildman–Crippen MR) is 245 cm³/mol. The van der Waals surface area contributed by atoms with Gasteiger partial charge in [0, 0.05) is 42.3 Å². The van der Waals surface area contributed by atoms with Gasteiger partial charge in [-0.15, -0.1) is 11.3 Å². The molecule has 12 rings (SSSR count). The summed E-state index contributed by atoms with van der Waals surface area (Å²) < 4.78 is 2.66. The van der Waals surface area contributed by atoms with E-state index in [1.165, 1.54) is 75.1 Å². The fourth-order valence-corrected chi connectivity index (χ4v) is 10.6. The van der Waals surface area contributed by atoms with Crippen molar-refractivity contribution >= 4 is 63.8 Å². The highest BCUT2D eigenvalue weighted by atomic mass is 32.1. The molecule has 0 amide bonds. The fourth-order valence-electron chi connectivity index (χ4n) is 9.47. The lowest BCUT2D eigenvalue weighted by atomic mass is 9.82. The van der Waals surface area contributed by atoms with Crippen LogP contribution >= 0.6 is 11.3 Å². The van der Waals surface area contributed by atoms with Crippen LogP contribution in [0, 0.1) is 0 Å². The molecule has 0 radical (unpaired) electrons. The monoisotopic (exact) mass is 757 g/mol. The topological polar surface area (TPSA) is 38.7 Å². The minimum atomic E-state index is -0.132. The zero-order valence-corrected chi connectivity index (χ0v) is 32.8. The third-order valence-electron chi connectivity index (χ3n) is 12.3. The third-order valence-corrected chi connectivity index (χ3v) is 13.5. The van der Waals surface area contributed by atoms with Crippen LogP contribution < -0.4 is 0 Å². The van der Waals surface area contributed by atoms with Crippen molar-refractivity contribution in [2.45, 2.75) is 19.3 Å². The van der Waals surface area contributed by atoms with E-state index in [0.29, 0.717) is 17.5 Å². The Hall–Kier alpha value is -7.01. The van der Waals surface area contributed by atoms with Gasteiger partial charge in [0.1, 0.15) is 0 Å². The molecule has 58 heavy (non-hydrogen) atoms. The molecule has 0 N–H and O–H groups in total. The molecule has 0 unspecified atom stereocenters. The van der Waals surface area contributed by atoms with Crippen LogP contribution in [0.4, 0.5) is 0 Å². The molecule has 0 saturated heterocycles. The number of aromatic nitrogens is 3. The van der Waals surface area contributed by atoms with E-state index in [0.717, 1.165) is 27.5 Å². The van der Waals surface area contributed by atoms with Gasteiger partial charge in [0.2, 0.25) is 0 Å². The van der Waals surface area contributed by atoms with Crippen molar-refractivity contribution in [3.63, 3.8) is 0 Å². The Labute approximate surface area is 340 Å². The molecule has 272 valence electrons. The summed E-state index contributed by atoms with van der Waals surface area (Å²) in [5, 5.41) is 10.1. The molecule has 2 aromatic heterocycles. The van der Waals surface area contributed by atoms with E-state index >= 15 is 0 Å². The van der Waals surface area contributed by atoms with E-state index in [1.54, 1.807) is 0 Å². The number of rotatable bonds is 4. The second-order valence-electron chi connectivity index (χ2n) is 15.9. The number of nitrogens with zero attached hydrogens (tertiary/aromatic N) is 3. The van der Waals surface area contributed by atoms with Crippen LogP contribution in [0.15, 0.2) is 176 Å². The van der Waals surface area contributed by atoms with Crippen LogP contribution in [0.25, 0.3) is 109 Å². The second-order valence-corrected chi connectivity index (χ2v) is 17.0. The summed E-state index contributed by atoms with van der Waals surface area (Å²) in [4.78, 5) is 15.6. The summed E-state index contributed by atoms with van der Waals surface area (Å²) in [5.74, 6) is 1.98. The van der Waals surface area contributed by atoms with Gasteiger partial charge in [-0.25, -0.2) is 15.0 Å². The molecular weight excluding hydrogens is 723 g/mol. The van der Waals surface area contributed by atoms with Gasteiger partial charge < -0.3 is 0 Å². The van der Waals surface area contributed by atoms with Crippen molar-refractivity contribution in [3.8, 4) is 56.4 Å². The van der Waals surface area contributed by atoms with Gasteiger partial charge in [0.15, 0.2) is 17.5 Å². The minimum Gasteiger partial charge on any atom is -0.208 e. The van der Waals surface area contributed by atoms with Crippen molar-refractivity contribution in [3.05, 3.63) is 187 Å². The Bertz CT molecular complexity index is 3490. The maximum absolute atomic E-state index is 5.26. The molecule has 0 saturated carbocycles. The van der Waals surface area contributed by atoms with E-state index in [4.69, 9.17) is 15.0 Å². The van der Waals surface area contributed by atoms with E-state index in [-0.39, 0.29) is 5.41 Å². The molecule has 11 aromatic rings. The van der Waals surface area contributed by atoms with E-state index < -0.39 is 0 Å². The maximum Gasteiger partial charge on any atom is 0.164 e. The lowest BCUT2D eigenvalue weighted by Gasteiger charge is -2.21. The molecule has 4 heteroatoms. The van der Waals surface area contributed by atoms with Gasteiger partial charge in [-0.1, -0.05) is 159 Å². The first kappa shape index (κ1) is 33.2. The summed E-state index contributed by atoms with van der Waals surface area (Å²) in [6.45, 7) is 4.62. The first-order valence-corrected chi connectivity index (χ1v) is 20.7. The maximum atomic E-state index is 5.26. The Balaban J connectivity index is 1.02. The van der Waals surface area contributed by atoms with Gasteiger partial charge in [-0.2, -0.15) is 0 Å². The first-order chi connectivity index (χ1) is 28.5. The summed E-state index contributed by atoms with van der Waals surface area (Å²) in [6.07, 6.45) is 0. The van der Waals surface area contributed by atoms with Crippen molar-refractivity contribution in [2.24, 2.45) is 0 Å². The Morgan fingerprint density at radius 1 is 0.362 bits per heavy atom. The van der Waals surface area contributed by atoms with Crippen LogP contribution in [-0.4, -0.2) is 15.0 Å². The zero-order valence-electron chi connectivity index (χ0n) is 32.0. The normalized spacial score (nSPS) is 13.1. The van der Waals surface area contributed by atoms with Gasteiger partial charge >= 0.3 is 0 Å². The number of fused-ring (bicyclic) bond motifs is 11. The van der Waals surface area contributed by atoms with Crippen LogP contribution in [-0.2, 0) is 5.41 Å². The molecule has 0 fully saturated rings. The number of thiophene rings is 1. The molecule has 1 aliphatic carbocycles. The summed E-state index contributed by atoms with van der Waals surface area (Å²) >= 11 is 1.87.